The molecule has 2 aromatic rings. The van der Waals surface area contributed by atoms with Gasteiger partial charge in [0.15, 0.2) is 0 Å². The number of phenols is 1. The Labute approximate surface area is 119 Å². The first-order valence-electron chi connectivity index (χ1n) is 7.18. The lowest BCUT2D eigenvalue weighted by Crippen LogP contribution is -2.33. The van der Waals surface area contributed by atoms with Crippen LogP contribution in [0.5, 0.6) is 5.75 Å². The zero-order valence-corrected chi connectivity index (χ0v) is 11.7. The molecule has 0 saturated heterocycles. The van der Waals surface area contributed by atoms with E-state index >= 15 is 0 Å². The number of hydrogen-bond donors (Lipinski definition) is 2. The van der Waals surface area contributed by atoms with Gasteiger partial charge in [0.25, 0.3) is 0 Å². The number of fused-ring (bicyclic) bond motifs is 1. The van der Waals surface area contributed by atoms with Gasteiger partial charge in [-0.1, -0.05) is 43.3 Å². The maximum absolute atomic E-state index is 11.1. The molecule has 2 atom stereocenters. The minimum atomic E-state index is -0.823. The summed E-state index contributed by atoms with van der Waals surface area (Å²) in [5.41, 5.74) is 2.44. The topological polar surface area (TPSA) is 40.5 Å². The van der Waals surface area contributed by atoms with Gasteiger partial charge in [-0.2, -0.15) is 0 Å². The highest BCUT2D eigenvalue weighted by molar-refractivity contribution is 5.39. The van der Waals surface area contributed by atoms with Gasteiger partial charge in [0.2, 0.25) is 0 Å². The van der Waals surface area contributed by atoms with E-state index < -0.39 is 5.60 Å². The lowest BCUT2D eigenvalue weighted by molar-refractivity contribution is 0.0159. The third-order valence-electron chi connectivity index (χ3n) is 4.39. The van der Waals surface area contributed by atoms with E-state index in [2.05, 4.69) is 13.0 Å². The van der Waals surface area contributed by atoms with Crippen molar-refractivity contribution in [2.45, 2.75) is 37.7 Å². The van der Waals surface area contributed by atoms with E-state index in [9.17, 15) is 10.2 Å². The van der Waals surface area contributed by atoms with Crippen molar-refractivity contribution >= 4 is 0 Å². The first-order valence-corrected chi connectivity index (χ1v) is 7.18. The first kappa shape index (κ1) is 13.2. The Hall–Kier alpha value is -1.80. The Morgan fingerprint density at radius 2 is 1.95 bits per heavy atom. The van der Waals surface area contributed by atoms with Crippen LogP contribution in [0.3, 0.4) is 0 Å². The third kappa shape index (κ3) is 2.32. The van der Waals surface area contributed by atoms with Crippen LogP contribution in [0.4, 0.5) is 0 Å². The fraction of sp³-hybridized carbons (Fsp3) is 0.333. The van der Waals surface area contributed by atoms with Crippen LogP contribution in [0.1, 0.15) is 42.4 Å². The average Bonchev–Trinajstić information content (AvgIpc) is 2.44. The molecule has 1 aliphatic rings. The molecule has 2 heteroatoms. The second-order valence-corrected chi connectivity index (χ2v) is 5.91. The summed E-state index contributed by atoms with van der Waals surface area (Å²) >= 11 is 0. The minimum absolute atomic E-state index is 0.253. The van der Waals surface area contributed by atoms with Crippen LogP contribution in [0.15, 0.2) is 48.5 Å². The molecule has 2 aromatic carbocycles. The van der Waals surface area contributed by atoms with E-state index in [1.165, 1.54) is 5.56 Å². The van der Waals surface area contributed by atoms with Crippen LogP contribution in [0, 0.1) is 0 Å². The summed E-state index contributed by atoms with van der Waals surface area (Å²) in [7, 11) is 0. The molecule has 0 amide bonds. The molecule has 104 valence electrons. The molecule has 0 saturated carbocycles. The van der Waals surface area contributed by atoms with Gasteiger partial charge in [-0.3, -0.25) is 0 Å². The fourth-order valence-corrected chi connectivity index (χ4v) is 3.28. The van der Waals surface area contributed by atoms with Gasteiger partial charge in [0.05, 0.1) is 5.60 Å². The van der Waals surface area contributed by atoms with Crippen LogP contribution in [0.2, 0.25) is 0 Å². The molecular formula is C18H20O2. The Balaban J connectivity index is 1.98. The number of phenolic OH excluding ortho intramolecular Hbond substituents is 1. The highest BCUT2D eigenvalue weighted by Crippen LogP contribution is 2.43. The average molecular weight is 268 g/mol. The van der Waals surface area contributed by atoms with Crippen molar-refractivity contribution in [3.05, 3.63) is 65.2 Å². The number of rotatable bonds is 2. The van der Waals surface area contributed by atoms with Crippen LogP contribution < -0.4 is 0 Å². The van der Waals surface area contributed by atoms with Gasteiger partial charge < -0.3 is 10.2 Å². The first-order chi connectivity index (χ1) is 9.58. The van der Waals surface area contributed by atoms with E-state index in [1.807, 2.05) is 30.3 Å². The van der Waals surface area contributed by atoms with Crippen molar-refractivity contribution in [3.8, 4) is 5.75 Å². The summed E-state index contributed by atoms with van der Waals surface area (Å²) in [4.78, 5) is 0. The lowest BCUT2D eigenvalue weighted by Gasteiger charge is -2.37. The highest BCUT2D eigenvalue weighted by atomic mass is 16.3. The minimum Gasteiger partial charge on any atom is -0.508 e. The van der Waals surface area contributed by atoms with Crippen molar-refractivity contribution in [3.63, 3.8) is 0 Å². The second kappa shape index (κ2) is 4.95. The summed E-state index contributed by atoms with van der Waals surface area (Å²) in [5.74, 6) is 0.749. The summed E-state index contributed by atoms with van der Waals surface area (Å²) in [6, 6.07) is 15.4. The number of aliphatic hydroxyl groups is 1. The van der Waals surface area contributed by atoms with Crippen molar-refractivity contribution in [2.24, 2.45) is 0 Å². The fourth-order valence-electron chi connectivity index (χ4n) is 3.28. The maximum atomic E-state index is 11.1. The predicted octanol–water partition coefficient (Wildman–Crippen LogP) is 3.72. The standard InChI is InChI=1S/C18H20O2/c1-13-9-10-18(20,17-8-3-2-7-16(13)17)12-14-5-4-6-15(19)11-14/h2-8,11,13,19-20H,9-10,12H2,1H3. The maximum Gasteiger partial charge on any atom is 0.115 e. The van der Waals surface area contributed by atoms with Crippen LogP contribution in [-0.2, 0) is 12.0 Å². The van der Waals surface area contributed by atoms with Gasteiger partial charge in [0.1, 0.15) is 5.75 Å². The van der Waals surface area contributed by atoms with Crippen LogP contribution in [0.25, 0.3) is 0 Å². The van der Waals surface area contributed by atoms with Crippen molar-refractivity contribution in [2.75, 3.05) is 0 Å². The summed E-state index contributed by atoms with van der Waals surface area (Å²) < 4.78 is 0. The summed E-state index contributed by atoms with van der Waals surface area (Å²) in [6.45, 7) is 2.22. The zero-order chi connectivity index (χ0) is 14.2. The Kier molecular flexibility index (Phi) is 3.27. The molecule has 2 N–H and O–H groups in total. The molecule has 0 spiro atoms. The highest BCUT2D eigenvalue weighted by Gasteiger charge is 2.36. The normalized spacial score (nSPS) is 25.2. The van der Waals surface area contributed by atoms with E-state index in [0.29, 0.717) is 12.3 Å². The van der Waals surface area contributed by atoms with Crippen LogP contribution >= 0.6 is 0 Å². The van der Waals surface area contributed by atoms with Crippen molar-refractivity contribution < 1.29 is 10.2 Å². The predicted molar refractivity (Wildman–Crippen MR) is 79.8 cm³/mol. The van der Waals surface area contributed by atoms with E-state index in [-0.39, 0.29) is 5.75 Å². The van der Waals surface area contributed by atoms with Gasteiger partial charge in [0, 0.05) is 6.42 Å². The Morgan fingerprint density at radius 3 is 2.75 bits per heavy atom. The molecule has 0 fully saturated rings. The monoisotopic (exact) mass is 268 g/mol. The van der Waals surface area contributed by atoms with Crippen molar-refractivity contribution in [1.29, 1.82) is 0 Å². The smallest absolute Gasteiger partial charge is 0.115 e. The molecule has 0 heterocycles. The van der Waals surface area contributed by atoms with E-state index in [1.54, 1.807) is 12.1 Å². The zero-order valence-electron chi connectivity index (χ0n) is 11.7. The second-order valence-electron chi connectivity index (χ2n) is 5.91. The number of benzene rings is 2. The molecule has 0 aromatic heterocycles. The molecule has 0 aliphatic heterocycles. The Bertz CT molecular complexity index is 620. The summed E-state index contributed by atoms with van der Waals surface area (Å²) in [6.07, 6.45) is 2.30. The summed E-state index contributed by atoms with van der Waals surface area (Å²) in [5, 5.41) is 20.7. The Morgan fingerprint density at radius 1 is 1.15 bits per heavy atom. The van der Waals surface area contributed by atoms with E-state index in [0.717, 1.165) is 24.0 Å². The van der Waals surface area contributed by atoms with Gasteiger partial charge >= 0.3 is 0 Å². The molecule has 20 heavy (non-hydrogen) atoms. The number of aromatic hydroxyl groups is 1. The molecule has 0 radical (unpaired) electrons. The molecule has 1 aliphatic carbocycles. The van der Waals surface area contributed by atoms with Gasteiger partial charge in [-0.25, -0.2) is 0 Å². The molecule has 2 nitrogen and oxygen atoms in total. The SMILES string of the molecule is CC1CCC(O)(Cc2cccc(O)c2)c2ccccc21. The van der Waals surface area contributed by atoms with Crippen molar-refractivity contribution in [1.82, 2.24) is 0 Å². The molecule has 0 bridgehead atoms. The lowest BCUT2D eigenvalue weighted by atomic mass is 9.72. The largest absolute Gasteiger partial charge is 0.508 e. The molecule has 3 rings (SSSR count). The van der Waals surface area contributed by atoms with E-state index in [4.69, 9.17) is 0 Å². The van der Waals surface area contributed by atoms with Gasteiger partial charge in [-0.05, 0) is 47.6 Å². The molecule has 2 unspecified atom stereocenters. The van der Waals surface area contributed by atoms with Gasteiger partial charge in [-0.15, -0.1) is 0 Å². The number of hydrogen-bond acceptors (Lipinski definition) is 2. The third-order valence-corrected chi connectivity index (χ3v) is 4.39. The molecular weight excluding hydrogens is 248 g/mol. The van der Waals surface area contributed by atoms with Crippen LogP contribution in [-0.4, -0.2) is 10.2 Å². The quantitative estimate of drug-likeness (QED) is 0.871.